The molecule has 7 nitrogen and oxygen atoms in total. The zero-order valence-corrected chi connectivity index (χ0v) is 22.0. The predicted octanol–water partition coefficient (Wildman–Crippen LogP) is 3.81. The van der Waals surface area contributed by atoms with Crippen LogP contribution < -0.4 is 0 Å². The third-order valence-corrected chi connectivity index (χ3v) is 9.77. The molecule has 37 heavy (non-hydrogen) atoms. The van der Waals surface area contributed by atoms with E-state index >= 15 is 0 Å². The first-order valence-electron chi connectivity index (χ1n) is 13.3. The molecule has 2 aliphatic heterocycles. The second-order valence-electron chi connectivity index (χ2n) is 11.9. The molecule has 0 amide bonds. The highest BCUT2D eigenvalue weighted by Crippen LogP contribution is 2.61. The number of hydrogen-bond acceptors (Lipinski definition) is 7. The number of esters is 2. The van der Waals surface area contributed by atoms with E-state index in [2.05, 4.69) is 19.6 Å². The first-order valence-corrected chi connectivity index (χ1v) is 13.3. The van der Waals surface area contributed by atoms with E-state index in [4.69, 9.17) is 9.47 Å². The minimum absolute atomic E-state index is 0.0365. The number of fused-ring (bicyclic) bond motifs is 4. The Balaban J connectivity index is 1.59. The monoisotopic (exact) mass is 508 g/mol. The highest BCUT2D eigenvalue weighted by Gasteiger charge is 2.66. The lowest BCUT2D eigenvalue weighted by Gasteiger charge is -2.48. The van der Waals surface area contributed by atoms with Gasteiger partial charge in [0.15, 0.2) is 11.6 Å². The summed E-state index contributed by atoms with van der Waals surface area (Å²) in [5.41, 5.74) is -0.724. The Labute approximate surface area is 217 Å². The maximum absolute atomic E-state index is 13.8. The van der Waals surface area contributed by atoms with Crippen LogP contribution in [0.5, 0.6) is 0 Å². The Morgan fingerprint density at radius 2 is 1.84 bits per heavy atom. The molecule has 1 spiro atoms. The fourth-order valence-electron chi connectivity index (χ4n) is 7.69. The van der Waals surface area contributed by atoms with Crippen molar-refractivity contribution in [3.8, 4) is 0 Å². The number of carbonyl (C=O) groups is 4. The number of Topliss-reactive ketones (excluding diaryl/α,β-unsaturated/α-hetero) is 1. The van der Waals surface area contributed by atoms with Gasteiger partial charge in [-0.05, 0) is 81.4 Å². The van der Waals surface area contributed by atoms with Gasteiger partial charge in [0.1, 0.15) is 17.6 Å². The Morgan fingerprint density at radius 1 is 1.11 bits per heavy atom. The Hall–Kier alpha value is -2.80. The maximum atomic E-state index is 13.8. The summed E-state index contributed by atoms with van der Waals surface area (Å²) < 4.78 is 11.6. The molecule has 9 atom stereocenters. The molecular weight excluding hydrogens is 472 g/mol. The number of allylic oxidation sites excluding steroid dienone is 4. The molecule has 1 saturated carbocycles. The number of rotatable bonds is 3. The predicted molar refractivity (Wildman–Crippen MR) is 135 cm³/mol. The third kappa shape index (κ3) is 3.89. The fraction of sp³-hybridized carbons (Fsp3) is 0.600. The van der Waals surface area contributed by atoms with Crippen LogP contribution in [0.15, 0.2) is 47.6 Å². The minimum Gasteiger partial charge on any atom is -0.461 e. The van der Waals surface area contributed by atoms with Gasteiger partial charge in [-0.1, -0.05) is 32.6 Å². The van der Waals surface area contributed by atoms with Gasteiger partial charge in [-0.2, -0.15) is 0 Å². The Morgan fingerprint density at radius 3 is 2.51 bits per heavy atom. The number of ether oxygens (including phenoxy) is 2. The van der Waals surface area contributed by atoms with Crippen molar-refractivity contribution in [1.29, 1.82) is 0 Å². The highest BCUT2D eigenvalue weighted by atomic mass is 16.6. The normalized spacial score (nSPS) is 43.2. The average molecular weight is 509 g/mol. The fourth-order valence-corrected chi connectivity index (χ4v) is 7.69. The molecule has 0 unspecified atom stereocenters. The van der Waals surface area contributed by atoms with Crippen molar-refractivity contribution in [2.24, 2.45) is 35.0 Å². The average Bonchev–Trinajstić information content (AvgIpc) is 3.09. The summed E-state index contributed by atoms with van der Waals surface area (Å²) in [6.07, 6.45) is 8.64. The van der Waals surface area contributed by atoms with Crippen LogP contribution in [0.1, 0.15) is 59.8 Å². The molecule has 5 aliphatic rings. The largest absolute Gasteiger partial charge is 0.461 e. The van der Waals surface area contributed by atoms with Crippen LogP contribution in [-0.2, 0) is 28.7 Å². The van der Waals surface area contributed by atoms with Crippen LogP contribution in [0.25, 0.3) is 0 Å². The van der Waals surface area contributed by atoms with Crippen molar-refractivity contribution >= 4 is 23.5 Å². The summed E-state index contributed by atoms with van der Waals surface area (Å²) in [4.78, 5) is 50.7. The van der Waals surface area contributed by atoms with Gasteiger partial charge in [0.2, 0.25) is 0 Å². The zero-order valence-electron chi connectivity index (χ0n) is 22.0. The van der Waals surface area contributed by atoms with Crippen molar-refractivity contribution in [3.63, 3.8) is 0 Å². The Kier molecular flexibility index (Phi) is 6.21. The van der Waals surface area contributed by atoms with E-state index in [9.17, 15) is 24.3 Å². The van der Waals surface area contributed by atoms with E-state index in [0.29, 0.717) is 36.8 Å². The highest BCUT2D eigenvalue weighted by molar-refractivity contribution is 6.03. The van der Waals surface area contributed by atoms with Gasteiger partial charge in [-0.15, -0.1) is 0 Å². The summed E-state index contributed by atoms with van der Waals surface area (Å²) in [5.74, 6) is -2.17. The lowest BCUT2D eigenvalue weighted by atomic mass is 9.54. The molecule has 2 heterocycles. The Bertz CT molecular complexity index is 1170. The molecule has 5 rings (SSSR count). The topological polar surface area (TPSA) is 107 Å². The van der Waals surface area contributed by atoms with E-state index in [1.807, 2.05) is 13.0 Å². The van der Waals surface area contributed by atoms with Gasteiger partial charge >= 0.3 is 11.9 Å². The lowest BCUT2D eigenvalue weighted by molar-refractivity contribution is -0.151. The van der Waals surface area contributed by atoms with Crippen LogP contribution >= 0.6 is 0 Å². The molecule has 0 aromatic heterocycles. The van der Waals surface area contributed by atoms with E-state index in [1.165, 1.54) is 13.8 Å². The summed E-state index contributed by atoms with van der Waals surface area (Å²) in [6, 6.07) is 0. The standard InChI is InChI=1S/C30H36O7/c1-15-10-26-23(9-8-20(15)7-6-17(3)31)29(28(34)37-26)13-21-12-22-18(4)27(33)36-25(22)11-16(2)30(21,35)14-24(29)19(5)32/h6-8,14-16,21-23,25-26,35H,4,9-13H2,1-3,5H3/b7-6+/t15-,16-,21-,22+,23-,25-,26-,29-,30-/m0/s1. The third-order valence-electron chi connectivity index (χ3n) is 9.77. The van der Waals surface area contributed by atoms with Crippen molar-refractivity contribution in [1.82, 2.24) is 0 Å². The molecule has 3 aliphatic carbocycles. The van der Waals surface area contributed by atoms with Gasteiger partial charge in [-0.3, -0.25) is 14.4 Å². The molecule has 7 heteroatoms. The molecule has 3 fully saturated rings. The molecule has 1 N–H and O–H groups in total. The first-order chi connectivity index (χ1) is 17.4. The van der Waals surface area contributed by atoms with Crippen molar-refractivity contribution in [2.45, 2.75) is 77.6 Å². The number of aliphatic hydroxyl groups is 1. The first kappa shape index (κ1) is 25.8. The van der Waals surface area contributed by atoms with Gasteiger partial charge in [-0.25, -0.2) is 4.79 Å². The zero-order chi connectivity index (χ0) is 26.9. The summed E-state index contributed by atoms with van der Waals surface area (Å²) in [5, 5.41) is 12.0. The number of ketones is 2. The van der Waals surface area contributed by atoms with Crippen LogP contribution in [0.3, 0.4) is 0 Å². The van der Waals surface area contributed by atoms with Crippen molar-refractivity contribution < 1.29 is 33.8 Å². The lowest BCUT2D eigenvalue weighted by Crippen LogP contribution is -2.53. The molecule has 0 aromatic carbocycles. The van der Waals surface area contributed by atoms with Crippen LogP contribution in [0.4, 0.5) is 0 Å². The van der Waals surface area contributed by atoms with E-state index in [-0.39, 0.29) is 59.8 Å². The number of hydrogen-bond donors (Lipinski definition) is 1. The van der Waals surface area contributed by atoms with Gasteiger partial charge < -0.3 is 14.6 Å². The summed E-state index contributed by atoms with van der Waals surface area (Å²) in [7, 11) is 0. The quantitative estimate of drug-likeness (QED) is 0.456. The molecule has 198 valence electrons. The summed E-state index contributed by atoms with van der Waals surface area (Å²) >= 11 is 0. The van der Waals surface area contributed by atoms with E-state index < -0.39 is 23.0 Å². The van der Waals surface area contributed by atoms with Gasteiger partial charge in [0.25, 0.3) is 0 Å². The molecule has 0 bridgehead atoms. The smallest absolute Gasteiger partial charge is 0.334 e. The van der Waals surface area contributed by atoms with Crippen molar-refractivity contribution in [2.75, 3.05) is 0 Å². The van der Waals surface area contributed by atoms with Gasteiger partial charge in [0, 0.05) is 23.0 Å². The summed E-state index contributed by atoms with van der Waals surface area (Å²) in [6.45, 7) is 10.9. The second kappa shape index (κ2) is 8.90. The second-order valence-corrected chi connectivity index (χ2v) is 11.9. The molecular formula is C30H36O7. The van der Waals surface area contributed by atoms with E-state index in [0.717, 1.165) is 5.57 Å². The van der Waals surface area contributed by atoms with Crippen LogP contribution in [0, 0.1) is 35.0 Å². The maximum Gasteiger partial charge on any atom is 0.334 e. The molecule has 0 radical (unpaired) electrons. The molecule has 0 aromatic rings. The van der Waals surface area contributed by atoms with Crippen LogP contribution in [-0.4, -0.2) is 46.4 Å². The van der Waals surface area contributed by atoms with Crippen molar-refractivity contribution in [3.05, 3.63) is 47.6 Å². The van der Waals surface area contributed by atoms with Crippen LogP contribution in [0.2, 0.25) is 0 Å². The van der Waals surface area contributed by atoms with Gasteiger partial charge in [0.05, 0.1) is 5.60 Å². The van der Waals surface area contributed by atoms with E-state index in [1.54, 1.807) is 12.2 Å². The molecule has 2 saturated heterocycles. The minimum atomic E-state index is -1.31. The SMILES string of the molecule is C=C1C(=O)O[C@H]2C[C@H](C)[C@@]3(O)C=C(C(C)=O)[C@@]4(C[C@@H]3C[C@H]12)C(=O)O[C@H]1C[C@H](C)C(/C=C/C(C)=O)=CC[C@@H]14. The number of carbonyl (C=O) groups excluding carboxylic acids is 4.